The number of halogens is 2. The normalized spacial score (nSPS) is 10.1. The minimum atomic E-state index is -0.879. The number of hydrogen-bond acceptors (Lipinski definition) is 6. The van der Waals surface area contributed by atoms with Crippen molar-refractivity contribution in [2.45, 2.75) is 0 Å². The summed E-state index contributed by atoms with van der Waals surface area (Å²) >= 11 is 11.9. The Morgan fingerprint density at radius 2 is 1.68 bits per heavy atom. The number of non-ortho nitro benzene ring substituents is 1. The third-order valence-corrected chi connectivity index (χ3v) is 3.63. The lowest BCUT2D eigenvalue weighted by Gasteiger charge is -2.13. The van der Waals surface area contributed by atoms with Crippen LogP contribution in [0.1, 0.15) is 0 Å². The van der Waals surface area contributed by atoms with Crippen molar-refractivity contribution in [3.8, 4) is 17.2 Å². The van der Waals surface area contributed by atoms with E-state index in [1.54, 1.807) is 0 Å². The fourth-order valence-electron chi connectivity index (χ4n) is 1.88. The fourth-order valence-corrected chi connectivity index (χ4v) is 2.33. The molecule has 1 N–H and O–H groups in total. The Morgan fingerprint density at radius 3 is 2.24 bits per heavy atom. The summed E-state index contributed by atoms with van der Waals surface area (Å²) in [6.07, 6.45) is -0.879. The van der Waals surface area contributed by atoms with E-state index in [1.165, 1.54) is 38.5 Å². The summed E-state index contributed by atoms with van der Waals surface area (Å²) in [6, 6.07) is 6.39. The third kappa shape index (κ3) is 4.43. The van der Waals surface area contributed by atoms with Gasteiger partial charge in [-0.05, 0) is 12.1 Å². The van der Waals surface area contributed by atoms with E-state index < -0.39 is 11.0 Å². The maximum atomic E-state index is 12.0. The predicted molar refractivity (Wildman–Crippen MR) is 92.3 cm³/mol. The molecule has 0 saturated heterocycles. The van der Waals surface area contributed by atoms with Gasteiger partial charge in [0.05, 0.1) is 34.9 Å². The van der Waals surface area contributed by atoms with Gasteiger partial charge in [0, 0.05) is 18.2 Å². The molecule has 1 amide bonds. The zero-order chi connectivity index (χ0) is 18.6. The van der Waals surface area contributed by atoms with Gasteiger partial charge in [0.15, 0.2) is 5.75 Å². The van der Waals surface area contributed by atoms with Gasteiger partial charge < -0.3 is 14.2 Å². The number of anilines is 1. The molecule has 0 heterocycles. The van der Waals surface area contributed by atoms with E-state index in [4.69, 9.17) is 37.4 Å². The Kier molecular flexibility index (Phi) is 5.89. The van der Waals surface area contributed by atoms with E-state index in [0.717, 1.165) is 6.07 Å². The molecule has 25 heavy (non-hydrogen) atoms. The monoisotopic (exact) mass is 386 g/mol. The second kappa shape index (κ2) is 7.91. The molecule has 0 aromatic heterocycles. The van der Waals surface area contributed by atoms with Crippen LogP contribution < -0.4 is 19.5 Å². The van der Waals surface area contributed by atoms with E-state index >= 15 is 0 Å². The van der Waals surface area contributed by atoms with Crippen LogP contribution >= 0.6 is 23.2 Å². The van der Waals surface area contributed by atoms with E-state index in [1.807, 2.05) is 0 Å². The molecule has 0 radical (unpaired) electrons. The largest absolute Gasteiger partial charge is 0.495 e. The van der Waals surface area contributed by atoms with Crippen molar-refractivity contribution in [3.05, 3.63) is 50.5 Å². The van der Waals surface area contributed by atoms with Gasteiger partial charge in [-0.25, -0.2) is 4.79 Å². The van der Waals surface area contributed by atoms with Crippen molar-refractivity contribution >= 4 is 40.7 Å². The number of amides is 1. The van der Waals surface area contributed by atoms with Crippen LogP contribution in [-0.2, 0) is 0 Å². The van der Waals surface area contributed by atoms with Crippen molar-refractivity contribution in [1.29, 1.82) is 0 Å². The molecule has 0 saturated carbocycles. The molecule has 0 unspecified atom stereocenters. The summed E-state index contributed by atoms with van der Waals surface area (Å²) in [5.41, 5.74) is 0.0256. The lowest BCUT2D eigenvalue weighted by Crippen LogP contribution is -2.17. The highest BCUT2D eigenvalue weighted by Crippen LogP contribution is 2.36. The predicted octanol–water partition coefficient (Wildman–Crippen LogP) is 4.53. The topological polar surface area (TPSA) is 99.9 Å². The minimum Gasteiger partial charge on any atom is -0.495 e. The molecule has 0 bridgehead atoms. The van der Waals surface area contributed by atoms with Crippen LogP contribution in [0, 0.1) is 10.1 Å². The van der Waals surface area contributed by atoms with Crippen LogP contribution in [0.5, 0.6) is 17.2 Å². The minimum absolute atomic E-state index is 0.0386. The highest BCUT2D eigenvalue weighted by atomic mass is 35.5. The van der Waals surface area contributed by atoms with Gasteiger partial charge in [-0.2, -0.15) is 0 Å². The number of benzene rings is 2. The van der Waals surface area contributed by atoms with Crippen LogP contribution in [0.25, 0.3) is 0 Å². The number of hydrogen-bond donors (Lipinski definition) is 1. The first-order chi connectivity index (χ1) is 11.8. The van der Waals surface area contributed by atoms with Crippen molar-refractivity contribution in [2.24, 2.45) is 0 Å². The Bertz CT molecular complexity index is 828. The number of carbonyl (C=O) groups is 1. The highest BCUT2D eigenvalue weighted by Gasteiger charge is 2.16. The van der Waals surface area contributed by atoms with Crippen LogP contribution in [0.15, 0.2) is 30.3 Å². The average molecular weight is 387 g/mol. The second-order valence-electron chi connectivity index (χ2n) is 4.57. The van der Waals surface area contributed by atoms with Crippen LogP contribution in [0.3, 0.4) is 0 Å². The van der Waals surface area contributed by atoms with E-state index in [9.17, 15) is 14.9 Å². The molecule has 2 aromatic rings. The first kappa shape index (κ1) is 18.6. The van der Waals surface area contributed by atoms with E-state index in [0.29, 0.717) is 11.5 Å². The third-order valence-electron chi connectivity index (χ3n) is 3.04. The summed E-state index contributed by atoms with van der Waals surface area (Å²) < 4.78 is 15.3. The molecule has 0 aliphatic rings. The fraction of sp³-hybridized carbons (Fsp3) is 0.133. The first-order valence-electron chi connectivity index (χ1n) is 6.70. The summed E-state index contributed by atoms with van der Waals surface area (Å²) in [4.78, 5) is 22.1. The molecular weight excluding hydrogens is 375 g/mol. The molecular formula is C15H12Cl2N2O6. The summed E-state index contributed by atoms with van der Waals surface area (Å²) in [5.74, 6) is 0.632. The average Bonchev–Trinajstić information content (AvgIpc) is 2.56. The number of nitro benzene ring substituents is 1. The van der Waals surface area contributed by atoms with Gasteiger partial charge in [0.1, 0.15) is 11.5 Å². The molecule has 10 heteroatoms. The maximum Gasteiger partial charge on any atom is 0.417 e. The SMILES string of the molecule is COc1cc(OC)c(NC(=O)Oc2ccc([N+](=O)[O-])cc2Cl)cc1Cl. The van der Waals surface area contributed by atoms with Crippen molar-refractivity contribution in [1.82, 2.24) is 0 Å². The van der Waals surface area contributed by atoms with Gasteiger partial charge in [0.25, 0.3) is 5.69 Å². The number of carbonyl (C=O) groups excluding carboxylic acids is 1. The Balaban J connectivity index is 2.18. The zero-order valence-corrected chi connectivity index (χ0v) is 14.6. The van der Waals surface area contributed by atoms with E-state index in [-0.39, 0.29) is 27.2 Å². The number of nitrogens with zero attached hydrogens (tertiary/aromatic N) is 1. The Hall–Kier alpha value is -2.71. The number of nitrogens with one attached hydrogen (secondary N) is 1. The smallest absolute Gasteiger partial charge is 0.417 e. The Labute approximate surface area is 152 Å². The Morgan fingerprint density at radius 1 is 1.04 bits per heavy atom. The van der Waals surface area contributed by atoms with E-state index in [2.05, 4.69) is 5.32 Å². The van der Waals surface area contributed by atoms with Crippen molar-refractivity contribution in [2.75, 3.05) is 19.5 Å². The zero-order valence-electron chi connectivity index (χ0n) is 13.0. The van der Waals surface area contributed by atoms with Gasteiger partial charge in [-0.3, -0.25) is 15.4 Å². The molecule has 8 nitrogen and oxygen atoms in total. The molecule has 0 atom stereocenters. The number of nitro groups is 1. The van der Waals surface area contributed by atoms with Gasteiger partial charge >= 0.3 is 6.09 Å². The summed E-state index contributed by atoms with van der Waals surface area (Å²) in [5, 5.41) is 13.3. The first-order valence-corrected chi connectivity index (χ1v) is 7.45. The highest BCUT2D eigenvalue weighted by molar-refractivity contribution is 6.33. The lowest BCUT2D eigenvalue weighted by molar-refractivity contribution is -0.384. The number of ether oxygens (including phenoxy) is 3. The van der Waals surface area contributed by atoms with Crippen LogP contribution in [-0.4, -0.2) is 25.2 Å². The number of methoxy groups -OCH3 is 2. The molecule has 2 rings (SSSR count). The standard InChI is InChI=1S/C15H12Cl2N2O6/c1-23-13-7-14(24-2)11(6-10(13)17)18-15(20)25-12-4-3-8(19(21)22)5-9(12)16/h3-7H,1-2H3,(H,18,20). The summed E-state index contributed by atoms with van der Waals surface area (Å²) in [6.45, 7) is 0. The number of rotatable bonds is 5. The maximum absolute atomic E-state index is 12.0. The van der Waals surface area contributed by atoms with Gasteiger partial charge in [-0.1, -0.05) is 23.2 Å². The van der Waals surface area contributed by atoms with Crippen molar-refractivity contribution in [3.63, 3.8) is 0 Å². The lowest BCUT2D eigenvalue weighted by atomic mass is 10.2. The molecule has 132 valence electrons. The molecule has 0 fully saturated rings. The van der Waals surface area contributed by atoms with Crippen LogP contribution in [0.4, 0.5) is 16.2 Å². The quantitative estimate of drug-likeness (QED) is 0.598. The van der Waals surface area contributed by atoms with Crippen molar-refractivity contribution < 1.29 is 23.9 Å². The van der Waals surface area contributed by atoms with Gasteiger partial charge in [-0.15, -0.1) is 0 Å². The van der Waals surface area contributed by atoms with Crippen LogP contribution in [0.2, 0.25) is 10.0 Å². The molecule has 2 aromatic carbocycles. The molecule has 0 spiro atoms. The molecule has 0 aliphatic carbocycles. The second-order valence-corrected chi connectivity index (χ2v) is 5.39. The van der Waals surface area contributed by atoms with Gasteiger partial charge in [0.2, 0.25) is 0 Å². The summed E-state index contributed by atoms with van der Waals surface area (Å²) in [7, 11) is 2.85. The molecule has 0 aliphatic heterocycles.